The van der Waals surface area contributed by atoms with E-state index in [2.05, 4.69) is 15.3 Å². The predicted octanol–water partition coefficient (Wildman–Crippen LogP) is 3.83. The van der Waals surface area contributed by atoms with Gasteiger partial charge >= 0.3 is 5.97 Å². The van der Waals surface area contributed by atoms with Crippen molar-refractivity contribution in [2.45, 2.75) is 33.2 Å². The number of carbonyl (C=O) groups is 1. The second-order valence-corrected chi connectivity index (χ2v) is 6.48. The van der Waals surface area contributed by atoms with E-state index in [4.69, 9.17) is 21.1 Å². The minimum Gasteiger partial charge on any atom is -0.481 e. The molecule has 8 heteroatoms. The number of hydrogen-bond donors (Lipinski definition) is 2. The lowest BCUT2D eigenvalue weighted by atomic mass is 9.84. The fourth-order valence-corrected chi connectivity index (χ4v) is 2.17. The van der Waals surface area contributed by atoms with Gasteiger partial charge in [0, 0.05) is 6.04 Å². The van der Waals surface area contributed by atoms with Crippen LogP contribution in [-0.4, -0.2) is 27.1 Å². The van der Waals surface area contributed by atoms with Crippen molar-refractivity contribution in [3.63, 3.8) is 0 Å². The molecule has 0 aliphatic carbocycles. The molecule has 0 spiro atoms. The molecule has 0 aromatic carbocycles. The fourth-order valence-electron chi connectivity index (χ4n) is 2.01. The minimum atomic E-state index is -0.996. The van der Waals surface area contributed by atoms with Crippen LogP contribution < -0.4 is 5.32 Å². The quantitative estimate of drug-likeness (QED) is 0.803. The summed E-state index contributed by atoms with van der Waals surface area (Å²) in [5.74, 6) is -1.69. The van der Waals surface area contributed by atoms with Gasteiger partial charge in [0.15, 0.2) is 17.4 Å². The maximum Gasteiger partial charge on any atom is 0.305 e. The Morgan fingerprint density at radius 2 is 2.17 bits per heavy atom. The third kappa shape index (κ3) is 4.19. The summed E-state index contributed by atoms with van der Waals surface area (Å²) < 4.78 is 19.8. The first-order chi connectivity index (χ1) is 10.7. The number of halogens is 2. The standard InChI is InChI=1S/C15H17ClFN3O3/c1-15(2,3)9(7-10(21)22)18-13-11(17)12(19-14(16)20-13)8-5-4-6-23-8/h4-6,9H,7H2,1-3H3,(H,21,22)(H,18,19,20)/t9-/m1/s1. The van der Waals surface area contributed by atoms with E-state index in [1.807, 2.05) is 20.8 Å². The number of anilines is 1. The van der Waals surface area contributed by atoms with Gasteiger partial charge in [0.1, 0.15) is 5.69 Å². The number of hydrogen-bond acceptors (Lipinski definition) is 5. The van der Waals surface area contributed by atoms with E-state index in [1.54, 1.807) is 12.1 Å². The highest BCUT2D eigenvalue weighted by atomic mass is 35.5. The molecule has 23 heavy (non-hydrogen) atoms. The summed E-state index contributed by atoms with van der Waals surface area (Å²) in [5, 5.41) is 11.7. The number of carboxylic acids is 1. The SMILES string of the molecule is CC(C)(C)[C@@H](CC(=O)O)Nc1nc(Cl)nc(-c2ccco2)c1F. The van der Waals surface area contributed by atoms with Crippen molar-refractivity contribution < 1.29 is 18.7 Å². The zero-order chi connectivity index (χ0) is 17.2. The number of nitrogens with zero attached hydrogens (tertiary/aromatic N) is 2. The fraction of sp³-hybridized carbons (Fsp3) is 0.400. The van der Waals surface area contributed by atoms with Crippen LogP contribution in [0.1, 0.15) is 27.2 Å². The molecule has 0 amide bonds. The summed E-state index contributed by atoms with van der Waals surface area (Å²) in [4.78, 5) is 18.7. The first kappa shape index (κ1) is 17.2. The maximum absolute atomic E-state index is 14.6. The molecule has 0 saturated carbocycles. The summed E-state index contributed by atoms with van der Waals surface area (Å²) in [6, 6.07) is 2.59. The van der Waals surface area contributed by atoms with Crippen molar-refractivity contribution in [3.8, 4) is 11.5 Å². The third-order valence-corrected chi connectivity index (χ3v) is 3.48. The molecule has 2 rings (SSSR count). The van der Waals surface area contributed by atoms with E-state index < -0.39 is 23.2 Å². The van der Waals surface area contributed by atoms with Crippen LogP contribution in [0.4, 0.5) is 10.2 Å². The summed E-state index contributed by atoms with van der Waals surface area (Å²) in [6.45, 7) is 5.55. The Morgan fingerprint density at radius 1 is 1.48 bits per heavy atom. The van der Waals surface area contributed by atoms with E-state index in [1.165, 1.54) is 6.26 Å². The van der Waals surface area contributed by atoms with E-state index in [9.17, 15) is 9.18 Å². The van der Waals surface area contributed by atoms with Crippen LogP contribution >= 0.6 is 11.6 Å². The number of aliphatic carboxylic acids is 1. The van der Waals surface area contributed by atoms with Gasteiger partial charge in [-0.2, -0.15) is 4.98 Å². The van der Waals surface area contributed by atoms with Crippen molar-refractivity contribution in [3.05, 3.63) is 29.5 Å². The molecular weight excluding hydrogens is 325 g/mol. The molecule has 0 aliphatic rings. The number of carboxylic acid groups (broad SMARTS) is 1. The van der Waals surface area contributed by atoms with Crippen LogP contribution in [0.3, 0.4) is 0 Å². The molecule has 0 fully saturated rings. The lowest BCUT2D eigenvalue weighted by molar-refractivity contribution is -0.137. The van der Waals surface area contributed by atoms with Gasteiger partial charge in [0.05, 0.1) is 12.7 Å². The molecule has 2 heterocycles. The number of aromatic nitrogens is 2. The van der Waals surface area contributed by atoms with Crippen LogP contribution in [-0.2, 0) is 4.79 Å². The van der Waals surface area contributed by atoms with Gasteiger partial charge < -0.3 is 14.8 Å². The van der Waals surface area contributed by atoms with Gasteiger partial charge in [-0.15, -0.1) is 0 Å². The van der Waals surface area contributed by atoms with Gasteiger partial charge in [-0.05, 0) is 29.1 Å². The van der Waals surface area contributed by atoms with Gasteiger partial charge in [-0.1, -0.05) is 20.8 Å². The largest absolute Gasteiger partial charge is 0.481 e. The summed E-state index contributed by atoms with van der Waals surface area (Å²) in [5.41, 5.74) is -0.520. The Balaban J connectivity index is 2.41. The molecule has 0 unspecified atom stereocenters. The second kappa shape index (κ2) is 6.54. The van der Waals surface area contributed by atoms with Gasteiger partial charge in [0.25, 0.3) is 0 Å². The summed E-state index contributed by atoms with van der Waals surface area (Å²) >= 11 is 5.86. The highest BCUT2D eigenvalue weighted by Gasteiger charge is 2.29. The van der Waals surface area contributed by atoms with Crippen LogP contribution in [0.2, 0.25) is 5.28 Å². The zero-order valence-corrected chi connectivity index (χ0v) is 13.7. The van der Waals surface area contributed by atoms with E-state index >= 15 is 0 Å². The maximum atomic E-state index is 14.6. The average Bonchev–Trinajstić information content (AvgIpc) is 2.94. The van der Waals surface area contributed by atoms with Crippen molar-refractivity contribution in [2.75, 3.05) is 5.32 Å². The Kier molecular flexibility index (Phi) is 4.89. The third-order valence-electron chi connectivity index (χ3n) is 3.31. The van der Waals surface area contributed by atoms with Crippen molar-refractivity contribution in [1.29, 1.82) is 0 Å². The van der Waals surface area contributed by atoms with Crippen LogP contribution in [0, 0.1) is 11.2 Å². The first-order valence-corrected chi connectivity index (χ1v) is 7.31. The van der Waals surface area contributed by atoms with Gasteiger partial charge in [0.2, 0.25) is 5.28 Å². The van der Waals surface area contributed by atoms with Crippen LogP contribution in [0.5, 0.6) is 0 Å². The minimum absolute atomic E-state index is 0.0829. The molecule has 1 atom stereocenters. The van der Waals surface area contributed by atoms with Crippen molar-refractivity contribution >= 4 is 23.4 Å². The Bertz CT molecular complexity index is 699. The normalized spacial score (nSPS) is 12.9. The van der Waals surface area contributed by atoms with Crippen molar-refractivity contribution in [1.82, 2.24) is 9.97 Å². The first-order valence-electron chi connectivity index (χ1n) is 6.93. The number of furan rings is 1. The Hall–Kier alpha value is -2.15. The number of nitrogens with one attached hydrogen (secondary N) is 1. The molecule has 0 saturated heterocycles. The summed E-state index contributed by atoms with van der Waals surface area (Å²) in [7, 11) is 0. The molecular formula is C15H17ClFN3O3. The van der Waals surface area contributed by atoms with Gasteiger partial charge in [-0.25, -0.2) is 9.37 Å². The Morgan fingerprint density at radius 3 is 2.70 bits per heavy atom. The molecule has 2 aromatic heterocycles. The molecule has 0 bridgehead atoms. The average molecular weight is 342 g/mol. The molecule has 124 valence electrons. The molecule has 2 aromatic rings. The molecule has 0 radical (unpaired) electrons. The molecule has 0 aliphatic heterocycles. The summed E-state index contributed by atoms with van der Waals surface area (Å²) in [6.07, 6.45) is 1.20. The smallest absolute Gasteiger partial charge is 0.305 e. The van der Waals surface area contributed by atoms with Gasteiger partial charge in [-0.3, -0.25) is 4.79 Å². The van der Waals surface area contributed by atoms with E-state index in [0.717, 1.165) is 0 Å². The molecule has 2 N–H and O–H groups in total. The van der Waals surface area contributed by atoms with Crippen molar-refractivity contribution in [2.24, 2.45) is 5.41 Å². The molecule has 6 nitrogen and oxygen atoms in total. The van der Waals surface area contributed by atoms with Crippen LogP contribution in [0.25, 0.3) is 11.5 Å². The van der Waals surface area contributed by atoms with Crippen LogP contribution in [0.15, 0.2) is 22.8 Å². The topological polar surface area (TPSA) is 88.2 Å². The number of rotatable bonds is 5. The lowest BCUT2D eigenvalue weighted by Crippen LogP contribution is -2.36. The lowest BCUT2D eigenvalue weighted by Gasteiger charge is -2.31. The zero-order valence-electron chi connectivity index (χ0n) is 12.9. The predicted molar refractivity (Wildman–Crippen MR) is 83.8 cm³/mol. The second-order valence-electron chi connectivity index (χ2n) is 6.14. The highest BCUT2D eigenvalue weighted by molar-refractivity contribution is 6.28. The highest BCUT2D eigenvalue weighted by Crippen LogP contribution is 2.30. The Labute approximate surface area is 137 Å². The monoisotopic (exact) mass is 341 g/mol. The van der Waals surface area contributed by atoms with E-state index in [-0.39, 0.29) is 29.0 Å². The van der Waals surface area contributed by atoms with E-state index in [0.29, 0.717) is 0 Å².